The van der Waals surface area contributed by atoms with Crippen molar-refractivity contribution in [3.63, 3.8) is 0 Å². The molecule has 0 saturated heterocycles. The van der Waals surface area contributed by atoms with E-state index in [0.29, 0.717) is 12.1 Å². The van der Waals surface area contributed by atoms with Crippen LogP contribution in [0.15, 0.2) is 24.3 Å². The Morgan fingerprint density at radius 2 is 2.00 bits per heavy atom. The quantitative estimate of drug-likeness (QED) is 0.771. The Kier molecular flexibility index (Phi) is 5.52. The molecule has 0 saturated carbocycles. The Hall–Kier alpha value is -1.68. The van der Waals surface area contributed by atoms with Crippen LogP contribution in [0, 0.1) is 6.92 Å². The second-order valence-corrected chi connectivity index (χ2v) is 4.27. The zero-order chi connectivity index (χ0) is 13.5. The summed E-state index contributed by atoms with van der Waals surface area (Å²) in [5.74, 6) is -0.0293. The molecule has 1 aromatic rings. The van der Waals surface area contributed by atoms with Crippen LogP contribution in [-0.2, 0) is 4.79 Å². The van der Waals surface area contributed by atoms with Crippen molar-refractivity contribution in [3.05, 3.63) is 35.4 Å². The first-order valence-electron chi connectivity index (χ1n) is 6.09. The lowest BCUT2D eigenvalue weighted by Crippen LogP contribution is -2.38. The van der Waals surface area contributed by atoms with Crippen LogP contribution in [0.2, 0.25) is 0 Å². The highest BCUT2D eigenvalue weighted by molar-refractivity contribution is 5.98. The average molecular weight is 248 g/mol. The lowest BCUT2D eigenvalue weighted by molar-refractivity contribution is -0.121. The van der Waals surface area contributed by atoms with Gasteiger partial charge in [-0.3, -0.25) is 14.5 Å². The summed E-state index contributed by atoms with van der Waals surface area (Å²) in [5.41, 5.74) is 1.76. The molecule has 0 aliphatic carbocycles. The van der Waals surface area contributed by atoms with E-state index >= 15 is 0 Å². The van der Waals surface area contributed by atoms with E-state index in [4.69, 9.17) is 0 Å². The predicted octanol–water partition coefficient (Wildman–Crippen LogP) is 1.25. The number of benzene rings is 1. The molecule has 98 valence electrons. The fourth-order valence-corrected chi connectivity index (χ4v) is 1.67. The summed E-state index contributed by atoms with van der Waals surface area (Å²) < 4.78 is 0. The number of likely N-dealkylation sites (N-methyl/N-ethyl adjacent to an activating group) is 2. The SMILES string of the molecule is CCN(CC(=O)NC)CC(=O)c1cccc(C)c1. The number of carbonyl (C=O) groups excluding carboxylic acids is 2. The van der Waals surface area contributed by atoms with Crippen molar-refractivity contribution in [2.24, 2.45) is 0 Å². The number of hydrogen-bond acceptors (Lipinski definition) is 3. The third-order valence-electron chi connectivity index (χ3n) is 2.80. The number of rotatable bonds is 6. The molecule has 0 bridgehead atoms. The van der Waals surface area contributed by atoms with Gasteiger partial charge in [0.1, 0.15) is 0 Å². The van der Waals surface area contributed by atoms with Gasteiger partial charge < -0.3 is 5.32 Å². The van der Waals surface area contributed by atoms with E-state index in [0.717, 1.165) is 5.56 Å². The van der Waals surface area contributed by atoms with Crippen LogP contribution in [0.4, 0.5) is 0 Å². The maximum atomic E-state index is 12.1. The zero-order valence-electron chi connectivity index (χ0n) is 11.2. The van der Waals surface area contributed by atoms with E-state index in [1.54, 1.807) is 7.05 Å². The molecule has 0 aliphatic rings. The summed E-state index contributed by atoms with van der Waals surface area (Å²) in [5, 5.41) is 2.56. The number of aryl methyl sites for hydroxylation is 1. The van der Waals surface area contributed by atoms with E-state index in [2.05, 4.69) is 5.32 Å². The minimum absolute atomic E-state index is 0.0458. The molecule has 0 aromatic heterocycles. The minimum Gasteiger partial charge on any atom is -0.358 e. The Bertz CT molecular complexity index is 430. The van der Waals surface area contributed by atoms with Gasteiger partial charge >= 0.3 is 0 Å². The van der Waals surface area contributed by atoms with Crippen molar-refractivity contribution in [2.75, 3.05) is 26.7 Å². The maximum Gasteiger partial charge on any atom is 0.233 e. The van der Waals surface area contributed by atoms with E-state index in [1.165, 1.54) is 0 Å². The molecule has 0 fully saturated rings. The Balaban J connectivity index is 2.65. The molecule has 4 heteroatoms. The van der Waals surface area contributed by atoms with Gasteiger partial charge in [-0.2, -0.15) is 0 Å². The summed E-state index contributed by atoms with van der Waals surface area (Å²) in [6.07, 6.45) is 0. The highest BCUT2D eigenvalue weighted by Gasteiger charge is 2.13. The normalized spacial score (nSPS) is 10.4. The maximum absolute atomic E-state index is 12.1. The lowest BCUT2D eigenvalue weighted by Gasteiger charge is -2.18. The average Bonchev–Trinajstić information content (AvgIpc) is 2.37. The van der Waals surface area contributed by atoms with Gasteiger partial charge in [-0.1, -0.05) is 30.7 Å². The molecule has 1 amide bonds. The summed E-state index contributed by atoms with van der Waals surface area (Å²) in [4.78, 5) is 25.2. The standard InChI is InChI=1S/C14H20N2O2/c1-4-16(10-14(18)15-3)9-13(17)12-7-5-6-11(2)8-12/h5-8H,4,9-10H2,1-3H3,(H,15,18). The fraction of sp³-hybridized carbons (Fsp3) is 0.429. The van der Waals surface area contributed by atoms with Gasteiger partial charge in [-0.15, -0.1) is 0 Å². The number of ketones is 1. The second-order valence-electron chi connectivity index (χ2n) is 4.27. The minimum atomic E-state index is -0.0751. The molecule has 0 spiro atoms. The summed E-state index contributed by atoms with van der Waals surface area (Å²) in [6.45, 7) is 5.09. The van der Waals surface area contributed by atoms with E-state index < -0.39 is 0 Å². The van der Waals surface area contributed by atoms with Crippen LogP contribution in [0.1, 0.15) is 22.8 Å². The molecule has 0 atom stereocenters. The van der Waals surface area contributed by atoms with Crippen molar-refractivity contribution < 1.29 is 9.59 Å². The number of hydrogen-bond donors (Lipinski definition) is 1. The highest BCUT2D eigenvalue weighted by atomic mass is 16.2. The topological polar surface area (TPSA) is 49.4 Å². The van der Waals surface area contributed by atoms with Gasteiger partial charge in [-0.25, -0.2) is 0 Å². The largest absolute Gasteiger partial charge is 0.358 e. The number of amides is 1. The van der Waals surface area contributed by atoms with Gasteiger partial charge in [0.25, 0.3) is 0 Å². The smallest absolute Gasteiger partial charge is 0.233 e. The first kappa shape index (κ1) is 14.4. The van der Waals surface area contributed by atoms with Crippen LogP contribution in [0.5, 0.6) is 0 Å². The first-order chi connectivity index (χ1) is 8.56. The van der Waals surface area contributed by atoms with Gasteiger partial charge in [0.15, 0.2) is 5.78 Å². The molecule has 0 unspecified atom stereocenters. The van der Waals surface area contributed by atoms with Gasteiger partial charge in [-0.05, 0) is 19.5 Å². The fourth-order valence-electron chi connectivity index (χ4n) is 1.67. The Morgan fingerprint density at radius 1 is 1.28 bits per heavy atom. The van der Waals surface area contributed by atoms with Crippen LogP contribution in [0.25, 0.3) is 0 Å². The van der Waals surface area contributed by atoms with Crippen LogP contribution in [-0.4, -0.2) is 43.3 Å². The first-order valence-corrected chi connectivity index (χ1v) is 6.09. The van der Waals surface area contributed by atoms with Crippen LogP contribution in [0.3, 0.4) is 0 Å². The van der Waals surface area contributed by atoms with Crippen LogP contribution < -0.4 is 5.32 Å². The molecule has 1 rings (SSSR count). The van der Waals surface area contributed by atoms with Gasteiger partial charge in [0.2, 0.25) is 5.91 Å². The van der Waals surface area contributed by atoms with Crippen LogP contribution >= 0.6 is 0 Å². The molecule has 4 nitrogen and oxygen atoms in total. The number of nitrogens with one attached hydrogen (secondary N) is 1. The highest BCUT2D eigenvalue weighted by Crippen LogP contribution is 2.06. The van der Waals surface area contributed by atoms with Gasteiger partial charge in [0, 0.05) is 12.6 Å². The monoisotopic (exact) mass is 248 g/mol. The predicted molar refractivity (Wildman–Crippen MR) is 71.7 cm³/mol. The molecule has 0 radical (unpaired) electrons. The Labute approximate surface area is 108 Å². The molecular formula is C14H20N2O2. The second kappa shape index (κ2) is 6.91. The molecule has 0 aliphatic heterocycles. The number of nitrogens with zero attached hydrogens (tertiary/aromatic N) is 1. The van der Waals surface area contributed by atoms with Crippen molar-refractivity contribution in [1.82, 2.24) is 10.2 Å². The van der Waals surface area contributed by atoms with Crippen molar-refractivity contribution >= 4 is 11.7 Å². The molecule has 1 aromatic carbocycles. The van der Waals surface area contributed by atoms with E-state index in [1.807, 2.05) is 43.0 Å². The number of Topliss-reactive ketones (excluding diaryl/α,β-unsaturated/α-hetero) is 1. The third-order valence-corrected chi connectivity index (χ3v) is 2.80. The zero-order valence-corrected chi connectivity index (χ0v) is 11.2. The molecular weight excluding hydrogens is 228 g/mol. The summed E-state index contributed by atoms with van der Waals surface area (Å²) in [6, 6.07) is 7.51. The van der Waals surface area contributed by atoms with Gasteiger partial charge in [0.05, 0.1) is 13.1 Å². The Morgan fingerprint density at radius 3 is 2.56 bits per heavy atom. The lowest BCUT2D eigenvalue weighted by atomic mass is 10.1. The molecule has 0 heterocycles. The number of carbonyl (C=O) groups is 2. The molecule has 18 heavy (non-hydrogen) atoms. The van der Waals surface area contributed by atoms with Crippen molar-refractivity contribution in [3.8, 4) is 0 Å². The van der Waals surface area contributed by atoms with Crippen molar-refractivity contribution in [2.45, 2.75) is 13.8 Å². The summed E-state index contributed by atoms with van der Waals surface area (Å²) >= 11 is 0. The molecule has 1 N–H and O–H groups in total. The van der Waals surface area contributed by atoms with E-state index in [9.17, 15) is 9.59 Å². The van der Waals surface area contributed by atoms with E-state index in [-0.39, 0.29) is 24.8 Å². The third kappa shape index (κ3) is 4.30. The van der Waals surface area contributed by atoms with Crippen molar-refractivity contribution in [1.29, 1.82) is 0 Å². The summed E-state index contributed by atoms with van der Waals surface area (Å²) in [7, 11) is 1.60.